The molecule has 1 saturated carbocycles. The van der Waals surface area contributed by atoms with E-state index in [1.807, 2.05) is 19.9 Å². The number of fused-ring (bicyclic) bond motifs is 1. The lowest BCUT2D eigenvalue weighted by atomic mass is 9.96. The second kappa shape index (κ2) is 8.94. The maximum absolute atomic E-state index is 13.7. The molecule has 1 N–H and O–H groups in total. The summed E-state index contributed by atoms with van der Waals surface area (Å²) in [6.07, 6.45) is 6.91. The Hall–Kier alpha value is -3.08. The maximum atomic E-state index is 13.7. The van der Waals surface area contributed by atoms with Gasteiger partial charge in [0.2, 0.25) is 0 Å². The number of carbonyl (C=O) groups excluding carboxylic acids is 1. The zero-order valence-corrected chi connectivity index (χ0v) is 19.4. The lowest BCUT2D eigenvalue weighted by molar-refractivity contribution is -0.0279. The van der Waals surface area contributed by atoms with Crippen LogP contribution in [0.2, 0.25) is 0 Å². The second-order valence-electron chi connectivity index (χ2n) is 9.60. The summed E-state index contributed by atoms with van der Waals surface area (Å²) >= 11 is 0. The molecule has 0 unspecified atom stereocenters. The van der Waals surface area contributed by atoms with Crippen LogP contribution in [0.5, 0.6) is 0 Å². The summed E-state index contributed by atoms with van der Waals surface area (Å²) in [5.74, 6) is 0.156. The summed E-state index contributed by atoms with van der Waals surface area (Å²) in [5, 5.41) is 11.0. The number of hydrogen-bond donors (Lipinski definition) is 1. The van der Waals surface area contributed by atoms with Crippen LogP contribution in [-0.4, -0.2) is 55.6 Å². The number of amides is 1. The van der Waals surface area contributed by atoms with E-state index in [9.17, 15) is 13.6 Å². The van der Waals surface area contributed by atoms with Crippen LogP contribution in [0.4, 0.5) is 20.3 Å². The van der Waals surface area contributed by atoms with E-state index in [1.165, 1.54) is 16.9 Å². The Labute approximate surface area is 196 Å². The summed E-state index contributed by atoms with van der Waals surface area (Å²) in [5.41, 5.74) is -0.135. The number of aromatic nitrogens is 5. The van der Waals surface area contributed by atoms with Gasteiger partial charge in [0.05, 0.1) is 30.1 Å². The number of halogens is 2. The summed E-state index contributed by atoms with van der Waals surface area (Å²) < 4.78 is 36.3. The third-order valence-electron chi connectivity index (χ3n) is 6.51. The smallest absolute Gasteiger partial charge is 0.284 e. The van der Waals surface area contributed by atoms with Gasteiger partial charge in [0.15, 0.2) is 11.3 Å². The minimum Gasteiger partial charge on any atom is -0.372 e. The maximum Gasteiger partial charge on any atom is 0.284 e. The van der Waals surface area contributed by atoms with E-state index in [1.54, 1.807) is 10.9 Å². The number of rotatable bonds is 5. The van der Waals surface area contributed by atoms with Crippen LogP contribution < -0.4 is 10.2 Å². The molecule has 0 bridgehead atoms. The van der Waals surface area contributed by atoms with Crippen molar-refractivity contribution in [3.63, 3.8) is 0 Å². The lowest BCUT2D eigenvalue weighted by Crippen LogP contribution is -2.48. The fraction of sp³-hybridized carbons (Fsp3) is 0.565. The molecule has 4 heterocycles. The highest BCUT2D eigenvalue weighted by molar-refractivity contribution is 6.08. The summed E-state index contributed by atoms with van der Waals surface area (Å²) in [6, 6.07) is 1.92. The predicted molar refractivity (Wildman–Crippen MR) is 122 cm³/mol. The van der Waals surface area contributed by atoms with E-state index in [-0.39, 0.29) is 22.9 Å². The van der Waals surface area contributed by atoms with Gasteiger partial charge in [0.1, 0.15) is 11.4 Å². The Kier molecular flexibility index (Phi) is 5.97. The SMILES string of the molecule is CC1(C)CN(c2ccn3ncc(C(=O)Nc4cn(C5CCCCC5)nc4C(F)F)c3n2)CCO1. The number of anilines is 2. The first-order valence-corrected chi connectivity index (χ1v) is 11.7. The Morgan fingerprint density at radius 2 is 2.06 bits per heavy atom. The second-order valence-corrected chi connectivity index (χ2v) is 9.60. The fourth-order valence-electron chi connectivity index (χ4n) is 4.79. The molecule has 1 aliphatic carbocycles. The number of carbonyl (C=O) groups is 1. The standard InChI is InChI=1S/C23H29F2N7O2/c1-23(2)14-30(10-11-34-23)18-8-9-31-21(28-18)16(12-26-31)22(33)27-17-13-32(29-19(17)20(24)25)15-6-4-3-5-7-15/h8-9,12-13,15,20H,3-7,10-11,14H2,1-2H3,(H,27,33). The molecule has 2 aliphatic rings. The first-order valence-electron chi connectivity index (χ1n) is 11.7. The lowest BCUT2D eigenvalue weighted by Gasteiger charge is -2.38. The van der Waals surface area contributed by atoms with Crippen molar-refractivity contribution < 1.29 is 18.3 Å². The normalized spacial score (nSPS) is 19.1. The monoisotopic (exact) mass is 473 g/mol. The van der Waals surface area contributed by atoms with Crippen LogP contribution in [0.25, 0.3) is 5.65 Å². The zero-order valence-electron chi connectivity index (χ0n) is 19.4. The number of nitrogens with zero attached hydrogens (tertiary/aromatic N) is 6. The van der Waals surface area contributed by atoms with Crippen molar-refractivity contribution in [1.29, 1.82) is 0 Å². The molecular weight excluding hydrogens is 444 g/mol. The van der Waals surface area contributed by atoms with Gasteiger partial charge in [-0.3, -0.25) is 9.48 Å². The molecule has 0 spiro atoms. The number of hydrogen-bond acceptors (Lipinski definition) is 6. The van der Waals surface area contributed by atoms with Crippen molar-refractivity contribution in [1.82, 2.24) is 24.4 Å². The van der Waals surface area contributed by atoms with Gasteiger partial charge < -0.3 is 15.0 Å². The predicted octanol–water partition coefficient (Wildman–Crippen LogP) is 4.24. The van der Waals surface area contributed by atoms with Crippen molar-refractivity contribution in [3.05, 3.63) is 35.9 Å². The average molecular weight is 474 g/mol. The molecule has 3 aromatic heterocycles. The number of alkyl halides is 2. The molecule has 2 fully saturated rings. The van der Waals surface area contributed by atoms with Crippen LogP contribution in [0.3, 0.4) is 0 Å². The fourth-order valence-corrected chi connectivity index (χ4v) is 4.79. The van der Waals surface area contributed by atoms with Gasteiger partial charge in [-0.15, -0.1) is 0 Å². The topological polar surface area (TPSA) is 89.6 Å². The van der Waals surface area contributed by atoms with Crippen LogP contribution in [0.1, 0.15) is 74.5 Å². The first-order chi connectivity index (χ1) is 16.3. The molecule has 182 valence electrons. The van der Waals surface area contributed by atoms with Crippen molar-refractivity contribution in [2.24, 2.45) is 0 Å². The third-order valence-corrected chi connectivity index (χ3v) is 6.51. The number of morpholine rings is 1. The van der Waals surface area contributed by atoms with E-state index in [4.69, 9.17) is 4.74 Å². The molecule has 11 heteroatoms. The van der Waals surface area contributed by atoms with Crippen molar-refractivity contribution in [3.8, 4) is 0 Å². The van der Waals surface area contributed by atoms with E-state index in [0.717, 1.165) is 32.1 Å². The highest BCUT2D eigenvalue weighted by atomic mass is 19.3. The Morgan fingerprint density at radius 3 is 2.79 bits per heavy atom. The van der Waals surface area contributed by atoms with Gasteiger partial charge in [-0.2, -0.15) is 10.2 Å². The highest BCUT2D eigenvalue weighted by Crippen LogP contribution is 2.32. The summed E-state index contributed by atoms with van der Waals surface area (Å²) in [4.78, 5) is 19.9. The third kappa shape index (κ3) is 4.48. The number of nitrogens with one attached hydrogen (secondary N) is 1. The van der Waals surface area contributed by atoms with Crippen molar-refractivity contribution >= 4 is 23.1 Å². The summed E-state index contributed by atoms with van der Waals surface area (Å²) in [6.45, 7) is 5.95. The Morgan fingerprint density at radius 1 is 1.26 bits per heavy atom. The van der Waals surface area contributed by atoms with E-state index >= 15 is 0 Å². The van der Waals surface area contributed by atoms with Gasteiger partial charge >= 0.3 is 0 Å². The molecule has 34 heavy (non-hydrogen) atoms. The van der Waals surface area contributed by atoms with Gasteiger partial charge in [0, 0.05) is 25.5 Å². The molecule has 9 nitrogen and oxygen atoms in total. The summed E-state index contributed by atoms with van der Waals surface area (Å²) in [7, 11) is 0. The van der Waals surface area contributed by atoms with E-state index in [0.29, 0.717) is 31.2 Å². The molecule has 0 aromatic carbocycles. The average Bonchev–Trinajstić information content (AvgIpc) is 3.43. The first kappa shape index (κ1) is 22.7. The van der Waals surface area contributed by atoms with E-state index < -0.39 is 18.0 Å². The molecule has 1 aliphatic heterocycles. The molecular formula is C23H29F2N7O2. The van der Waals surface area contributed by atoms with Crippen LogP contribution in [-0.2, 0) is 4.74 Å². The Bertz CT molecular complexity index is 1180. The molecule has 0 atom stereocenters. The van der Waals surface area contributed by atoms with Gasteiger partial charge in [-0.05, 0) is 32.8 Å². The Balaban J connectivity index is 1.41. The molecule has 3 aromatic rings. The quantitative estimate of drug-likeness (QED) is 0.596. The van der Waals surface area contributed by atoms with Crippen molar-refractivity contribution in [2.75, 3.05) is 29.9 Å². The van der Waals surface area contributed by atoms with Crippen molar-refractivity contribution in [2.45, 2.75) is 64.0 Å². The van der Waals surface area contributed by atoms with Crippen LogP contribution in [0, 0.1) is 0 Å². The zero-order chi connectivity index (χ0) is 23.9. The minimum absolute atomic E-state index is 0.0241. The van der Waals surface area contributed by atoms with Crippen LogP contribution >= 0.6 is 0 Å². The van der Waals surface area contributed by atoms with Gasteiger partial charge in [-0.1, -0.05) is 19.3 Å². The highest BCUT2D eigenvalue weighted by Gasteiger charge is 2.29. The largest absolute Gasteiger partial charge is 0.372 e. The molecule has 1 saturated heterocycles. The molecule has 0 radical (unpaired) electrons. The minimum atomic E-state index is -2.79. The number of ether oxygens (including phenoxy) is 1. The molecule has 1 amide bonds. The van der Waals surface area contributed by atoms with Gasteiger partial charge in [-0.25, -0.2) is 18.3 Å². The van der Waals surface area contributed by atoms with Crippen LogP contribution in [0.15, 0.2) is 24.7 Å². The molecule has 5 rings (SSSR count). The van der Waals surface area contributed by atoms with Gasteiger partial charge in [0.25, 0.3) is 12.3 Å². The van der Waals surface area contributed by atoms with E-state index in [2.05, 4.69) is 25.4 Å².